The summed E-state index contributed by atoms with van der Waals surface area (Å²) in [4.78, 5) is 26.4. The van der Waals surface area contributed by atoms with Crippen LogP contribution in [0.5, 0.6) is 5.75 Å². The Bertz CT molecular complexity index is 548. The van der Waals surface area contributed by atoms with Crippen molar-refractivity contribution < 1.29 is 14.3 Å². The Morgan fingerprint density at radius 2 is 2.17 bits per heavy atom. The van der Waals surface area contributed by atoms with Crippen LogP contribution in [0.3, 0.4) is 0 Å². The molecule has 3 N–H and O–H groups in total. The highest BCUT2D eigenvalue weighted by Crippen LogP contribution is 2.21. The van der Waals surface area contributed by atoms with Gasteiger partial charge in [-0.1, -0.05) is 18.2 Å². The lowest BCUT2D eigenvalue weighted by molar-refractivity contribution is -0.135. The van der Waals surface area contributed by atoms with E-state index in [9.17, 15) is 9.59 Å². The standard InChI is InChI=1S/C17H25N3O3/c1-23-15-7-3-2-5-13(15)11-16(21)20-10-4-6-14(12-20)17(22)19-9-8-18/h2-3,5,7,14H,4,6,8-12,18H2,1H3,(H,19,22). The molecule has 1 fully saturated rings. The second kappa shape index (κ2) is 8.53. The van der Waals surface area contributed by atoms with Gasteiger partial charge in [-0.3, -0.25) is 9.59 Å². The zero-order valence-electron chi connectivity index (χ0n) is 13.6. The number of carbonyl (C=O) groups is 2. The maximum absolute atomic E-state index is 12.5. The van der Waals surface area contributed by atoms with E-state index in [1.807, 2.05) is 24.3 Å². The molecule has 1 heterocycles. The Morgan fingerprint density at radius 1 is 1.39 bits per heavy atom. The third-order valence-corrected chi connectivity index (χ3v) is 4.12. The molecule has 1 aliphatic heterocycles. The first-order valence-corrected chi connectivity index (χ1v) is 8.03. The molecule has 0 saturated carbocycles. The van der Waals surface area contributed by atoms with E-state index in [-0.39, 0.29) is 17.7 Å². The maximum Gasteiger partial charge on any atom is 0.227 e. The van der Waals surface area contributed by atoms with Crippen molar-refractivity contribution in [1.29, 1.82) is 0 Å². The Kier molecular flexibility index (Phi) is 6.40. The Balaban J connectivity index is 1.95. The van der Waals surface area contributed by atoms with Crippen LogP contribution in [-0.2, 0) is 16.0 Å². The number of ether oxygens (including phenoxy) is 1. The molecule has 1 atom stereocenters. The molecule has 1 aromatic carbocycles. The minimum atomic E-state index is -0.142. The summed E-state index contributed by atoms with van der Waals surface area (Å²) < 4.78 is 5.29. The smallest absolute Gasteiger partial charge is 0.227 e. The van der Waals surface area contributed by atoms with Gasteiger partial charge < -0.3 is 20.7 Å². The summed E-state index contributed by atoms with van der Waals surface area (Å²) in [6.07, 6.45) is 1.95. The van der Waals surface area contributed by atoms with Crippen LogP contribution in [0.2, 0.25) is 0 Å². The number of hydrogen-bond donors (Lipinski definition) is 2. The maximum atomic E-state index is 12.5. The van der Waals surface area contributed by atoms with Gasteiger partial charge >= 0.3 is 0 Å². The lowest BCUT2D eigenvalue weighted by Crippen LogP contribution is -2.46. The van der Waals surface area contributed by atoms with Crippen LogP contribution in [0, 0.1) is 5.92 Å². The zero-order valence-corrected chi connectivity index (χ0v) is 13.6. The largest absolute Gasteiger partial charge is 0.496 e. The minimum absolute atomic E-state index is 0.00904. The predicted molar refractivity (Wildman–Crippen MR) is 88.1 cm³/mol. The fourth-order valence-corrected chi connectivity index (χ4v) is 2.88. The Morgan fingerprint density at radius 3 is 2.91 bits per heavy atom. The molecule has 1 aromatic rings. The molecule has 0 bridgehead atoms. The third kappa shape index (κ3) is 4.69. The first kappa shape index (κ1) is 17.3. The van der Waals surface area contributed by atoms with Crippen molar-refractivity contribution in [2.45, 2.75) is 19.3 Å². The summed E-state index contributed by atoms with van der Waals surface area (Å²) >= 11 is 0. The van der Waals surface area contributed by atoms with Crippen molar-refractivity contribution in [1.82, 2.24) is 10.2 Å². The van der Waals surface area contributed by atoms with Crippen LogP contribution in [-0.4, -0.2) is 50.0 Å². The summed E-state index contributed by atoms with van der Waals surface area (Å²) in [5, 5.41) is 2.81. The van der Waals surface area contributed by atoms with Crippen molar-refractivity contribution in [3.63, 3.8) is 0 Å². The number of nitrogens with two attached hydrogens (primary N) is 1. The number of benzene rings is 1. The van der Waals surface area contributed by atoms with Gasteiger partial charge in [-0.05, 0) is 18.9 Å². The van der Waals surface area contributed by atoms with E-state index >= 15 is 0 Å². The molecule has 23 heavy (non-hydrogen) atoms. The molecule has 126 valence electrons. The van der Waals surface area contributed by atoms with Gasteiger partial charge in [-0.2, -0.15) is 0 Å². The number of nitrogens with one attached hydrogen (secondary N) is 1. The SMILES string of the molecule is COc1ccccc1CC(=O)N1CCCC(C(=O)NCCN)C1. The highest BCUT2D eigenvalue weighted by Gasteiger charge is 2.28. The average Bonchev–Trinajstić information content (AvgIpc) is 2.60. The number of methoxy groups -OCH3 is 1. The summed E-state index contributed by atoms with van der Waals surface area (Å²) in [6.45, 7) is 2.08. The van der Waals surface area contributed by atoms with Gasteiger partial charge in [0.25, 0.3) is 0 Å². The molecule has 0 aliphatic carbocycles. The minimum Gasteiger partial charge on any atom is -0.496 e. The van der Waals surface area contributed by atoms with Gasteiger partial charge in [0.2, 0.25) is 11.8 Å². The zero-order chi connectivity index (χ0) is 16.7. The number of amides is 2. The monoisotopic (exact) mass is 319 g/mol. The number of nitrogens with zero attached hydrogens (tertiary/aromatic N) is 1. The molecule has 6 nitrogen and oxygen atoms in total. The van der Waals surface area contributed by atoms with Gasteiger partial charge in [0.1, 0.15) is 5.75 Å². The van der Waals surface area contributed by atoms with Crippen LogP contribution >= 0.6 is 0 Å². The highest BCUT2D eigenvalue weighted by molar-refractivity contribution is 5.82. The Hall–Kier alpha value is -2.08. The van der Waals surface area contributed by atoms with Crippen molar-refractivity contribution in [2.24, 2.45) is 11.7 Å². The van der Waals surface area contributed by atoms with Crippen molar-refractivity contribution >= 4 is 11.8 Å². The molecular formula is C17H25N3O3. The van der Waals surface area contributed by atoms with E-state index in [0.717, 1.165) is 24.2 Å². The lowest BCUT2D eigenvalue weighted by Gasteiger charge is -2.32. The topological polar surface area (TPSA) is 84.7 Å². The van der Waals surface area contributed by atoms with Crippen LogP contribution in [0.1, 0.15) is 18.4 Å². The molecule has 0 aromatic heterocycles. The van der Waals surface area contributed by atoms with E-state index in [1.54, 1.807) is 12.0 Å². The van der Waals surface area contributed by atoms with Crippen molar-refractivity contribution in [2.75, 3.05) is 33.3 Å². The number of rotatable bonds is 6. The second-order valence-corrected chi connectivity index (χ2v) is 5.75. The summed E-state index contributed by atoms with van der Waals surface area (Å²) in [5.74, 6) is 0.600. The van der Waals surface area contributed by atoms with Crippen LogP contribution in [0.4, 0.5) is 0 Å². The van der Waals surface area contributed by atoms with Gasteiger partial charge in [0.15, 0.2) is 0 Å². The van der Waals surface area contributed by atoms with E-state index in [1.165, 1.54) is 0 Å². The molecule has 1 aliphatic rings. The lowest BCUT2D eigenvalue weighted by atomic mass is 9.96. The van der Waals surface area contributed by atoms with Crippen molar-refractivity contribution in [3.05, 3.63) is 29.8 Å². The number of para-hydroxylation sites is 1. The molecule has 0 radical (unpaired) electrons. The summed E-state index contributed by atoms with van der Waals surface area (Å²) in [6, 6.07) is 7.52. The molecule has 2 amide bonds. The first-order valence-electron chi connectivity index (χ1n) is 8.03. The van der Waals surface area contributed by atoms with E-state index in [0.29, 0.717) is 32.6 Å². The average molecular weight is 319 g/mol. The van der Waals surface area contributed by atoms with Gasteiger partial charge in [0, 0.05) is 31.7 Å². The Labute approximate surface area is 137 Å². The molecular weight excluding hydrogens is 294 g/mol. The first-order chi connectivity index (χ1) is 11.2. The third-order valence-electron chi connectivity index (χ3n) is 4.12. The molecule has 0 spiro atoms. The van der Waals surface area contributed by atoms with Gasteiger partial charge in [-0.25, -0.2) is 0 Å². The highest BCUT2D eigenvalue weighted by atomic mass is 16.5. The number of piperidine rings is 1. The van der Waals surface area contributed by atoms with E-state index in [4.69, 9.17) is 10.5 Å². The van der Waals surface area contributed by atoms with E-state index < -0.39 is 0 Å². The quantitative estimate of drug-likeness (QED) is 0.802. The number of carbonyl (C=O) groups excluding carboxylic acids is 2. The molecule has 2 rings (SSSR count). The number of likely N-dealkylation sites (tertiary alicyclic amines) is 1. The van der Waals surface area contributed by atoms with E-state index in [2.05, 4.69) is 5.32 Å². The predicted octanol–water partition coefficient (Wildman–Crippen LogP) is 0.551. The fraction of sp³-hybridized carbons (Fsp3) is 0.529. The number of hydrogen-bond acceptors (Lipinski definition) is 4. The van der Waals surface area contributed by atoms with Gasteiger partial charge in [0.05, 0.1) is 19.4 Å². The normalized spacial score (nSPS) is 17.7. The van der Waals surface area contributed by atoms with Gasteiger partial charge in [-0.15, -0.1) is 0 Å². The molecule has 6 heteroatoms. The molecule has 1 saturated heterocycles. The summed E-state index contributed by atoms with van der Waals surface area (Å²) in [7, 11) is 1.60. The van der Waals surface area contributed by atoms with Crippen LogP contribution in [0.15, 0.2) is 24.3 Å². The van der Waals surface area contributed by atoms with Crippen molar-refractivity contribution in [3.8, 4) is 5.75 Å². The molecule has 1 unspecified atom stereocenters. The summed E-state index contributed by atoms with van der Waals surface area (Å²) in [5.41, 5.74) is 6.27. The fourth-order valence-electron chi connectivity index (χ4n) is 2.88. The second-order valence-electron chi connectivity index (χ2n) is 5.75. The van der Waals surface area contributed by atoms with Crippen LogP contribution < -0.4 is 15.8 Å². The van der Waals surface area contributed by atoms with Crippen LogP contribution in [0.25, 0.3) is 0 Å².